The molecule has 0 radical (unpaired) electrons. The maximum atomic E-state index is 12.5. The zero-order chi connectivity index (χ0) is 45.1. The number of hydrogen-bond donors (Lipinski definition) is 2. The highest BCUT2D eigenvalue weighted by Gasteiger charge is 2.43. The van der Waals surface area contributed by atoms with Crippen LogP contribution in [0.4, 0.5) is 0 Å². The Balaban J connectivity index is 0.000000231. The van der Waals surface area contributed by atoms with Crippen LogP contribution in [-0.4, -0.2) is 75.9 Å². The second-order valence-electron chi connectivity index (χ2n) is 23.4. The lowest BCUT2D eigenvalue weighted by Gasteiger charge is -2.38. The fourth-order valence-electron chi connectivity index (χ4n) is 9.63. The predicted octanol–water partition coefficient (Wildman–Crippen LogP) is 10.4. The maximum absolute atomic E-state index is 12.5. The first-order valence-electron chi connectivity index (χ1n) is 23.5. The van der Waals surface area contributed by atoms with Crippen molar-refractivity contribution in [2.75, 3.05) is 6.61 Å². The van der Waals surface area contributed by atoms with Gasteiger partial charge in [0.15, 0.2) is 0 Å². The summed E-state index contributed by atoms with van der Waals surface area (Å²) in [7, 11) is 0. The lowest BCUT2D eigenvalue weighted by Crippen LogP contribution is -2.28. The molecule has 344 valence electrons. The number of nitrogens with zero attached hydrogens (tertiary/aromatic N) is 6. The molecule has 2 aromatic heterocycles. The Morgan fingerprint density at radius 3 is 1.31 bits per heavy atom. The van der Waals surface area contributed by atoms with Gasteiger partial charge in [0.2, 0.25) is 0 Å². The van der Waals surface area contributed by atoms with Crippen LogP contribution >= 0.6 is 0 Å². The van der Waals surface area contributed by atoms with E-state index in [2.05, 4.69) is 62.2 Å². The van der Waals surface area contributed by atoms with Gasteiger partial charge in [-0.05, 0) is 148 Å². The van der Waals surface area contributed by atoms with Gasteiger partial charge >= 0.3 is 17.9 Å². The average Bonchev–Trinajstić information content (AvgIpc) is 4.01. The van der Waals surface area contributed by atoms with Crippen molar-refractivity contribution < 1.29 is 34.1 Å². The number of carbonyl (C=O) groups is 3. The minimum absolute atomic E-state index is 0.0101. The summed E-state index contributed by atoms with van der Waals surface area (Å²) in [5.41, 5.74) is 4.27. The van der Waals surface area contributed by atoms with Crippen molar-refractivity contribution in [2.45, 2.75) is 233 Å². The highest BCUT2D eigenvalue weighted by Crippen LogP contribution is 2.53. The molecule has 2 aromatic rings. The number of carbonyl (C=O) groups excluding carboxylic acids is 2. The minimum atomic E-state index is -0.869. The molecule has 61 heavy (non-hydrogen) atoms. The number of aliphatic hydroxyl groups excluding tert-OH is 1. The summed E-state index contributed by atoms with van der Waals surface area (Å²) in [4.78, 5) is 36.3. The van der Waals surface area contributed by atoms with Crippen molar-refractivity contribution in [3.05, 3.63) is 22.8 Å². The summed E-state index contributed by atoms with van der Waals surface area (Å²) in [5, 5.41) is 36.8. The van der Waals surface area contributed by atoms with Crippen LogP contribution < -0.4 is 0 Å². The van der Waals surface area contributed by atoms with Crippen molar-refractivity contribution >= 4 is 17.9 Å². The maximum Gasteiger partial charge on any atom is 0.308 e. The largest absolute Gasteiger partial charge is 0.481 e. The van der Waals surface area contributed by atoms with Gasteiger partial charge < -0.3 is 19.7 Å². The standard InChI is InChI=1S/C24H39N3O4.C24H41N3O3/c1-23(2,3)14-15-11-17(12-15)21-22(16-7-8-16)27(26-25-21)18(9-10-19(28)29)13-20(30)31-24(4,5)6;1-23(2,3)15-16-12-18(13-16)21-22(17-9-10-17)27(26-25-21)19(8-7-11-28)14-20(29)30-24(4,5)6/h15-18H,7-14H2,1-6H3,(H,28,29);16-19,28H,7-15H2,1-6H3/t15?,17?,18-;16?,18?,19-/m00/s1. The van der Waals surface area contributed by atoms with E-state index in [9.17, 15) is 24.6 Å². The second kappa shape index (κ2) is 19.6. The van der Waals surface area contributed by atoms with Crippen molar-refractivity contribution in [3.63, 3.8) is 0 Å². The van der Waals surface area contributed by atoms with Crippen LogP contribution in [-0.2, 0) is 23.9 Å². The zero-order valence-corrected chi connectivity index (χ0v) is 39.8. The lowest BCUT2D eigenvalue weighted by molar-refractivity contribution is -0.157. The SMILES string of the molecule is CC(C)(C)CC1CC(c2nnn([C@@H](CCC(=O)O)CC(=O)OC(C)(C)C)c2C2CC2)C1.CC(C)(C)CC1CC(c2nnn([C@@H](CCCO)CC(=O)OC(C)(C)C)c2C2CC2)C1. The molecule has 0 unspecified atom stereocenters. The van der Waals surface area contributed by atoms with Crippen LogP contribution in [0.5, 0.6) is 0 Å². The molecular formula is C48H80N6O7. The van der Waals surface area contributed by atoms with Gasteiger partial charge in [-0.15, -0.1) is 10.2 Å². The van der Waals surface area contributed by atoms with Crippen molar-refractivity contribution in [1.82, 2.24) is 30.0 Å². The summed E-state index contributed by atoms with van der Waals surface area (Å²) in [6, 6.07) is -0.442. The molecule has 0 bridgehead atoms. The molecule has 0 aromatic carbocycles. The first kappa shape index (κ1) is 48.7. The van der Waals surface area contributed by atoms with E-state index in [4.69, 9.17) is 9.47 Å². The van der Waals surface area contributed by atoms with E-state index in [-0.39, 0.29) is 49.9 Å². The fraction of sp³-hybridized carbons (Fsp3) is 0.854. The van der Waals surface area contributed by atoms with E-state index in [1.165, 1.54) is 49.9 Å². The molecule has 4 aliphatic rings. The van der Waals surface area contributed by atoms with Gasteiger partial charge in [0.25, 0.3) is 0 Å². The second-order valence-corrected chi connectivity index (χ2v) is 23.4. The average molecular weight is 853 g/mol. The molecular weight excluding hydrogens is 773 g/mol. The van der Waals surface area contributed by atoms with Crippen LogP contribution in [0.1, 0.15) is 244 Å². The number of esters is 2. The van der Waals surface area contributed by atoms with Gasteiger partial charge in [0.05, 0.1) is 47.7 Å². The normalized spacial score (nSPS) is 22.9. The quantitative estimate of drug-likeness (QED) is 0.137. The van der Waals surface area contributed by atoms with Gasteiger partial charge in [-0.2, -0.15) is 0 Å². The number of aliphatic hydroxyl groups is 1. The monoisotopic (exact) mass is 853 g/mol. The van der Waals surface area contributed by atoms with Gasteiger partial charge in [-0.25, -0.2) is 9.36 Å². The van der Waals surface area contributed by atoms with E-state index in [1.807, 2.05) is 50.9 Å². The lowest BCUT2D eigenvalue weighted by atomic mass is 9.67. The number of carboxylic acid groups (broad SMARTS) is 1. The Kier molecular flexibility index (Phi) is 15.6. The highest BCUT2D eigenvalue weighted by molar-refractivity contribution is 5.71. The molecule has 0 spiro atoms. The first-order chi connectivity index (χ1) is 28.3. The number of aromatic nitrogens is 6. The third-order valence-corrected chi connectivity index (χ3v) is 12.2. The van der Waals surface area contributed by atoms with Crippen molar-refractivity contribution in [3.8, 4) is 0 Å². The van der Waals surface area contributed by atoms with Gasteiger partial charge in [-0.3, -0.25) is 14.4 Å². The molecule has 2 atom stereocenters. The Hall–Kier alpha value is -3.35. The molecule has 2 heterocycles. The molecule has 6 rings (SSSR count). The molecule has 4 aliphatic carbocycles. The van der Waals surface area contributed by atoms with Crippen LogP contribution in [0.2, 0.25) is 0 Å². The van der Waals surface area contributed by atoms with Crippen molar-refractivity contribution in [1.29, 1.82) is 0 Å². The number of carboxylic acids is 1. The number of hydrogen-bond acceptors (Lipinski definition) is 10. The Bertz CT molecular complexity index is 1770. The summed E-state index contributed by atoms with van der Waals surface area (Å²) in [5.74, 6) is 1.98. The smallest absolute Gasteiger partial charge is 0.308 e. The predicted molar refractivity (Wildman–Crippen MR) is 235 cm³/mol. The summed E-state index contributed by atoms with van der Waals surface area (Å²) in [6.45, 7) is 25.1. The van der Waals surface area contributed by atoms with Gasteiger partial charge in [-0.1, -0.05) is 52.0 Å². The first-order valence-corrected chi connectivity index (χ1v) is 23.5. The summed E-state index contributed by atoms with van der Waals surface area (Å²) in [6.07, 6.45) is 13.8. The molecule has 2 N–H and O–H groups in total. The van der Waals surface area contributed by atoms with Gasteiger partial charge in [0, 0.05) is 36.7 Å². The topological polar surface area (TPSA) is 172 Å². The van der Waals surface area contributed by atoms with Crippen molar-refractivity contribution in [2.24, 2.45) is 22.7 Å². The molecule has 13 nitrogen and oxygen atoms in total. The van der Waals surface area contributed by atoms with E-state index in [0.29, 0.717) is 53.8 Å². The molecule has 4 fully saturated rings. The Morgan fingerprint density at radius 2 is 1.00 bits per heavy atom. The number of ether oxygens (including phenoxy) is 2. The van der Waals surface area contributed by atoms with Crippen LogP contribution in [0.25, 0.3) is 0 Å². The highest BCUT2D eigenvalue weighted by atomic mass is 16.6. The molecule has 4 saturated carbocycles. The van der Waals surface area contributed by atoms with Crippen LogP contribution in [0.15, 0.2) is 0 Å². The summed E-state index contributed by atoms with van der Waals surface area (Å²) >= 11 is 0. The van der Waals surface area contributed by atoms with E-state index in [0.717, 1.165) is 48.9 Å². The summed E-state index contributed by atoms with van der Waals surface area (Å²) < 4.78 is 15.0. The van der Waals surface area contributed by atoms with E-state index in [1.54, 1.807) is 0 Å². The molecule has 0 saturated heterocycles. The van der Waals surface area contributed by atoms with Gasteiger partial charge in [0.1, 0.15) is 11.2 Å². The molecule has 13 heteroatoms. The fourth-order valence-corrected chi connectivity index (χ4v) is 9.63. The van der Waals surface area contributed by atoms with E-state index >= 15 is 0 Å². The number of rotatable bonds is 18. The Morgan fingerprint density at radius 1 is 0.623 bits per heavy atom. The third-order valence-electron chi connectivity index (χ3n) is 12.2. The third kappa shape index (κ3) is 15.2. The minimum Gasteiger partial charge on any atom is -0.481 e. The van der Waals surface area contributed by atoms with Crippen LogP contribution in [0.3, 0.4) is 0 Å². The molecule has 0 amide bonds. The number of aliphatic carboxylic acids is 1. The zero-order valence-electron chi connectivity index (χ0n) is 39.8. The Labute approximate surface area is 365 Å². The molecule has 0 aliphatic heterocycles. The van der Waals surface area contributed by atoms with E-state index < -0.39 is 17.2 Å². The van der Waals surface area contributed by atoms with Crippen LogP contribution in [0, 0.1) is 22.7 Å².